The van der Waals surface area contributed by atoms with Gasteiger partial charge in [0, 0.05) is 0 Å². The minimum atomic E-state index is -3.09. The van der Waals surface area contributed by atoms with Crippen molar-refractivity contribution in [2.24, 2.45) is 0 Å². The second-order valence-electron chi connectivity index (χ2n) is 9.26. The molecular weight excluding hydrogens is 476 g/mol. The molecule has 0 unspecified atom stereocenters. The summed E-state index contributed by atoms with van der Waals surface area (Å²) in [6.45, 7) is 4.05. The zero-order valence-corrected chi connectivity index (χ0v) is 21.8. The fraction of sp³-hybridized carbons (Fsp3) is 0.522. The molecule has 34 heavy (non-hydrogen) atoms. The number of carbonyl (C=O) groups excluding carboxylic acids is 1. The van der Waals surface area contributed by atoms with Crippen LogP contribution in [0.4, 0.5) is 11.6 Å². The normalized spacial score (nSPS) is 12.0. The Morgan fingerprint density at radius 2 is 1.65 bits per heavy atom. The molecule has 2 aromatic rings. The highest BCUT2D eigenvalue weighted by atomic mass is 35.5. The lowest BCUT2D eigenvalue weighted by Gasteiger charge is -2.30. The molecule has 0 fully saturated rings. The lowest BCUT2D eigenvalue weighted by molar-refractivity contribution is -0.889. The Kier molecular flexibility index (Phi) is 10.1. The summed E-state index contributed by atoms with van der Waals surface area (Å²) in [4.78, 5) is 20.0. The minimum absolute atomic E-state index is 0.0163. The van der Waals surface area contributed by atoms with E-state index in [1.165, 1.54) is 0 Å². The maximum absolute atomic E-state index is 12.3. The molecular formula is C23H36ClN6O3S+. The molecule has 0 aliphatic heterocycles. The molecule has 9 nitrogen and oxygen atoms in total. The van der Waals surface area contributed by atoms with Crippen molar-refractivity contribution in [1.29, 1.82) is 0 Å². The van der Waals surface area contributed by atoms with Crippen molar-refractivity contribution in [2.45, 2.75) is 38.4 Å². The van der Waals surface area contributed by atoms with Crippen LogP contribution in [0.15, 0.2) is 24.3 Å². The summed E-state index contributed by atoms with van der Waals surface area (Å²) in [5.41, 5.74) is 13.2. The van der Waals surface area contributed by atoms with Gasteiger partial charge in [-0.25, -0.2) is 18.4 Å². The Labute approximate surface area is 207 Å². The Morgan fingerprint density at radius 1 is 1.00 bits per heavy atom. The van der Waals surface area contributed by atoms with E-state index >= 15 is 0 Å². The smallest absolute Gasteiger partial charge is 0.273 e. The number of hydrogen-bond acceptors (Lipinski definition) is 7. The third-order valence-electron chi connectivity index (χ3n) is 5.60. The highest BCUT2D eigenvalue weighted by molar-refractivity contribution is 7.90. The Balaban J connectivity index is 1.64. The quantitative estimate of drug-likeness (QED) is 0.277. The van der Waals surface area contributed by atoms with E-state index < -0.39 is 15.7 Å². The minimum Gasteiger partial charge on any atom is -0.382 e. The van der Waals surface area contributed by atoms with Crippen LogP contribution in [-0.4, -0.2) is 68.3 Å². The van der Waals surface area contributed by atoms with Gasteiger partial charge < -0.3 is 21.3 Å². The first-order valence-electron chi connectivity index (χ1n) is 11.3. The maximum Gasteiger partial charge on any atom is 0.273 e. The molecule has 0 bridgehead atoms. The third-order valence-corrected chi connectivity index (χ3v) is 7.56. The Hall–Kier alpha value is -2.43. The van der Waals surface area contributed by atoms with Crippen molar-refractivity contribution >= 4 is 39.0 Å². The molecule has 0 spiro atoms. The Bertz CT molecular complexity index is 1070. The standard InChI is InChI=1S/C23H35ClN6O3S/c1-17-8-10-18(11-9-17)16-34(32,33)15-7-5-4-6-13-30(2,3)14-12-27-23(31)19-21(25)29-22(26)20(24)28-19/h8-11H,4-7,12-16H2,1-3H3,(H4-,25,26,27,29,31)/p+1. The summed E-state index contributed by atoms with van der Waals surface area (Å²) >= 11 is 5.83. The summed E-state index contributed by atoms with van der Waals surface area (Å²) in [6, 6.07) is 7.63. The van der Waals surface area contributed by atoms with Crippen LogP contribution in [-0.2, 0) is 15.6 Å². The number of hydrogen-bond donors (Lipinski definition) is 3. The first-order chi connectivity index (χ1) is 15.9. The highest BCUT2D eigenvalue weighted by Gasteiger charge is 2.19. The summed E-state index contributed by atoms with van der Waals surface area (Å²) in [7, 11) is 1.09. The number of nitrogens with two attached hydrogens (primary N) is 2. The van der Waals surface area contributed by atoms with Crippen molar-refractivity contribution in [3.05, 3.63) is 46.2 Å². The van der Waals surface area contributed by atoms with Gasteiger partial charge in [0.25, 0.3) is 5.91 Å². The first kappa shape index (κ1) is 27.8. The average molecular weight is 512 g/mol. The monoisotopic (exact) mass is 511 g/mol. The molecule has 0 atom stereocenters. The van der Waals surface area contributed by atoms with Crippen molar-refractivity contribution in [3.8, 4) is 0 Å². The van der Waals surface area contributed by atoms with Gasteiger partial charge in [0.05, 0.1) is 45.2 Å². The van der Waals surface area contributed by atoms with Crippen molar-refractivity contribution in [2.75, 3.05) is 50.9 Å². The number of rotatable bonds is 13. The predicted octanol–water partition coefficient (Wildman–Crippen LogP) is 2.58. The van der Waals surface area contributed by atoms with Gasteiger partial charge in [-0.3, -0.25) is 4.79 Å². The molecule has 0 saturated heterocycles. The van der Waals surface area contributed by atoms with Gasteiger partial charge in [-0.15, -0.1) is 0 Å². The molecule has 0 radical (unpaired) electrons. The van der Waals surface area contributed by atoms with E-state index in [1.807, 2.05) is 31.2 Å². The molecule has 1 heterocycles. The van der Waals surface area contributed by atoms with E-state index in [9.17, 15) is 13.2 Å². The number of sulfone groups is 1. The number of halogens is 1. The molecule has 0 saturated carbocycles. The van der Waals surface area contributed by atoms with Crippen molar-refractivity contribution < 1.29 is 17.7 Å². The van der Waals surface area contributed by atoms with E-state index in [0.717, 1.165) is 41.4 Å². The van der Waals surface area contributed by atoms with E-state index in [4.69, 9.17) is 23.1 Å². The number of quaternary nitrogens is 1. The summed E-state index contributed by atoms with van der Waals surface area (Å²) in [5, 5.41) is 2.73. The molecule has 1 aromatic heterocycles. The number of benzene rings is 1. The van der Waals surface area contributed by atoms with Crippen LogP contribution < -0.4 is 16.8 Å². The molecule has 11 heteroatoms. The summed E-state index contributed by atoms with van der Waals surface area (Å²) in [6.07, 6.45) is 3.49. The van der Waals surface area contributed by atoms with Crippen molar-refractivity contribution in [3.63, 3.8) is 0 Å². The van der Waals surface area contributed by atoms with Gasteiger partial charge in [0.15, 0.2) is 32.3 Å². The average Bonchev–Trinajstić information content (AvgIpc) is 2.74. The summed E-state index contributed by atoms with van der Waals surface area (Å²) < 4.78 is 25.4. The number of nitrogen functional groups attached to an aromatic ring is 2. The number of unbranched alkanes of at least 4 members (excludes halogenated alkanes) is 3. The predicted molar refractivity (Wildman–Crippen MR) is 137 cm³/mol. The molecule has 188 valence electrons. The number of amides is 1. The van der Waals surface area contributed by atoms with Gasteiger partial charge in [-0.1, -0.05) is 47.9 Å². The molecule has 2 rings (SSSR count). The number of anilines is 2. The fourth-order valence-electron chi connectivity index (χ4n) is 3.50. The highest BCUT2D eigenvalue weighted by Crippen LogP contribution is 2.17. The lowest BCUT2D eigenvalue weighted by Crippen LogP contribution is -2.46. The van der Waals surface area contributed by atoms with E-state index in [1.54, 1.807) is 0 Å². The van der Waals surface area contributed by atoms with Gasteiger partial charge in [0.1, 0.15) is 0 Å². The number of nitrogens with zero attached hydrogens (tertiary/aromatic N) is 3. The number of likely N-dealkylation sites (N-methyl/N-ethyl adjacent to an activating group) is 1. The first-order valence-corrected chi connectivity index (χ1v) is 13.5. The van der Waals surface area contributed by atoms with Gasteiger partial charge >= 0.3 is 0 Å². The lowest BCUT2D eigenvalue weighted by atomic mass is 10.2. The Morgan fingerprint density at radius 3 is 2.32 bits per heavy atom. The van der Waals surface area contributed by atoms with E-state index in [-0.39, 0.29) is 34.0 Å². The van der Waals surface area contributed by atoms with Crippen LogP contribution in [0.3, 0.4) is 0 Å². The van der Waals surface area contributed by atoms with Crippen LogP contribution in [0.2, 0.25) is 5.15 Å². The second kappa shape index (κ2) is 12.3. The molecule has 5 N–H and O–H groups in total. The fourth-order valence-corrected chi connectivity index (χ4v) is 5.12. The van der Waals surface area contributed by atoms with E-state index in [2.05, 4.69) is 29.4 Å². The third kappa shape index (κ3) is 9.44. The van der Waals surface area contributed by atoms with Gasteiger partial charge in [-0.05, 0) is 31.7 Å². The van der Waals surface area contributed by atoms with E-state index in [0.29, 0.717) is 19.5 Å². The second-order valence-corrected chi connectivity index (χ2v) is 11.8. The van der Waals surface area contributed by atoms with Crippen LogP contribution in [0.1, 0.15) is 47.3 Å². The van der Waals surface area contributed by atoms with Crippen LogP contribution in [0.5, 0.6) is 0 Å². The molecule has 0 aliphatic rings. The molecule has 0 aliphatic carbocycles. The van der Waals surface area contributed by atoms with Crippen LogP contribution in [0, 0.1) is 6.92 Å². The topological polar surface area (TPSA) is 141 Å². The maximum atomic E-state index is 12.3. The zero-order chi connectivity index (χ0) is 25.4. The van der Waals surface area contributed by atoms with Gasteiger partial charge in [0.2, 0.25) is 0 Å². The zero-order valence-electron chi connectivity index (χ0n) is 20.2. The van der Waals surface area contributed by atoms with Crippen LogP contribution in [0.25, 0.3) is 0 Å². The SMILES string of the molecule is Cc1ccc(CS(=O)(=O)CCCCCC[N+](C)(C)CCNC(=O)c2nc(Cl)c(N)nc2N)cc1. The number of aryl methyl sites for hydroxylation is 1. The molecule has 1 amide bonds. The number of aromatic nitrogens is 2. The number of carbonyl (C=O) groups is 1. The van der Waals surface area contributed by atoms with Crippen LogP contribution >= 0.6 is 11.6 Å². The van der Waals surface area contributed by atoms with Gasteiger partial charge in [-0.2, -0.15) is 0 Å². The largest absolute Gasteiger partial charge is 0.382 e. The number of nitrogens with one attached hydrogen (secondary N) is 1. The van der Waals surface area contributed by atoms with Crippen molar-refractivity contribution in [1.82, 2.24) is 15.3 Å². The summed E-state index contributed by atoms with van der Waals surface area (Å²) in [5.74, 6) is -0.208. The molecule has 1 aromatic carbocycles.